The second-order valence-electron chi connectivity index (χ2n) is 3.92. The maximum Gasteiger partial charge on any atom is 0.193 e. The molecule has 3 N–H and O–H groups in total. The molecule has 0 unspecified atom stereocenters. The zero-order valence-corrected chi connectivity index (χ0v) is 13.0. The number of benzene rings is 1. The monoisotopic (exact) mass is 357 g/mol. The number of halogens is 1. The number of unbranched alkanes of at least 4 members (excludes halogenated alkanes) is 2. The van der Waals surface area contributed by atoms with Crippen LogP contribution in [0.1, 0.15) is 24.8 Å². The molecule has 1 aromatic carbocycles. The molecule has 0 saturated carbocycles. The molecule has 3 nitrogen and oxygen atoms in total. The zero-order chi connectivity index (χ0) is 12.5. The topological polar surface area (TPSA) is 50.4 Å². The average molecular weight is 357 g/mol. The van der Waals surface area contributed by atoms with Crippen LogP contribution in [-0.2, 0) is 0 Å². The molecule has 0 aliphatic carbocycles. The van der Waals surface area contributed by atoms with Crippen molar-refractivity contribution in [3.63, 3.8) is 0 Å². The number of hydrogen-bond donors (Lipinski definition) is 2. The van der Waals surface area contributed by atoms with E-state index >= 15 is 0 Å². The van der Waals surface area contributed by atoms with Crippen LogP contribution in [0.5, 0.6) is 0 Å². The van der Waals surface area contributed by atoms with Crippen molar-refractivity contribution in [1.82, 2.24) is 0 Å². The summed E-state index contributed by atoms with van der Waals surface area (Å²) in [6, 6.07) is 8.02. The number of anilines is 1. The molecular formula is C14H20IN3. The highest BCUT2D eigenvalue weighted by atomic mass is 127. The Labute approximate surface area is 126 Å². The Morgan fingerprint density at radius 1 is 1.33 bits per heavy atom. The van der Waals surface area contributed by atoms with Crippen molar-refractivity contribution in [2.75, 3.05) is 11.9 Å². The first kappa shape index (κ1) is 16.8. The second-order valence-corrected chi connectivity index (χ2v) is 3.92. The van der Waals surface area contributed by atoms with Crippen LogP contribution in [0.3, 0.4) is 0 Å². The summed E-state index contributed by atoms with van der Waals surface area (Å²) >= 11 is 0. The maximum atomic E-state index is 5.76. The number of aliphatic imine (C=N–C) groups is 1. The number of nitrogens with zero attached hydrogens (tertiary/aromatic N) is 1. The normalized spacial score (nSPS) is 10.3. The lowest BCUT2D eigenvalue weighted by Gasteiger charge is -2.05. The summed E-state index contributed by atoms with van der Waals surface area (Å²) in [5.74, 6) is 3.06. The molecular weight excluding hydrogens is 337 g/mol. The van der Waals surface area contributed by atoms with E-state index in [0.717, 1.165) is 24.9 Å². The molecule has 0 spiro atoms. The third-order valence-electron chi connectivity index (χ3n) is 2.34. The lowest BCUT2D eigenvalue weighted by atomic mass is 10.2. The molecule has 0 amide bonds. The first-order chi connectivity index (χ1) is 8.22. The van der Waals surface area contributed by atoms with Crippen molar-refractivity contribution >= 4 is 35.6 Å². The van der Waals surface area contributed by atoms with Gasteiger partial charge in [0.1, 0.15) is 0 Å². The molecule has 1 rings (SSSR count). The van der Waals surface area contributed by atoms with Gasteiger partial charge in [-0.2, -0.15) is 0 Å². The molecule has 0 atom stereocenters. The number of guanidine groups is 1. The van der Waals surface area contributed by atoms with Gasteiger partial charge >= 0.3 is 0 Å². The predicted octanol–water partition coefficient (Wildman–Crippen LogP) is 3.14. The predicted molar refractivity (Wildman–Crippen MR) is 89.4 cm³/mol. The minimum absolute atomic E-state index is 0. The van der Waals surface area contributed by atoms with E-state index in [2.05, 4.69) is 16.2 Å². The molecule has 0 saturated heterocycles. The molecule has 0 bridgehead atoms. The zero-order valence-electron chi connectivity index (χ0n) is 10.6. The Bertz CT molecular complexity index is 404. The summed E-state index contributed by atoms with van der Waals surface area (Å²) in [6.45, 7) is 2.76. The largest absolute Gasteiger partial charge is 0.370 e. The lowest BCUT2D eigenvalue weighted by molar-refractivity contribution is 0.768. The summed E-state index contributed by atoms with van der Waals surface area (Å²) in [7, 11) is 0. The molecule has 0 radical (unpaired) electrons. The van der Waals surface area contributed by atoms with Gasteiger partial charge in [0.2, 0.25) is 0 Å². The summed E-state index contributed by atoms with van der Waals surface area (Å²) < 4.78 is 0. The number of nitrogens with one attached hydrogen (secondary N) is 1. The number of rotatable bonds is 5. The van der Waals surface area contributed by atoms with Gasteiger partial charge < -0.3 is 11.1 Å². The summed E-state index contributed by atoms with van der Waals surface area (Å²) in [6.07, 6.45) is 7.94. The quantitative estimate of drug-likeness (QED) is 0.280. The van der Waals surface area contributed by atoms with E-state index in [1.165, 1.54) is 5.56 Å². The SMILES string of the molecule is C#CCCCCN=C(N)Nc1ccc(C)cc1.I. The molecule has 18 heavy (non-hydrogen) atoms. The molecule has 1 aromatic rings. The highest BCUT2D eigenvalue weighted by Crippen LogP contribution is 2.07. The van der Waals surface area contributed by atoms with Gasteiger partial charge in [-0.15, -0.1) is 36.3 Å². The van der Waals surface area contributed by atoms with Crippen molar-refractivity contribution in [3.8, 4) is 12.3 Å². The summed E-state index contributed by atoms with van der Waals surface area (Å²) in [5, 5.41) is 3.05. The lowest BCUT2D eigenvalue weighted by Crippen LogP contribution is -2.22. The van der Waals surface area contributed by atoms with Crippen LogP contribution in [0.2, 0.25) is 0 Å². The molecule has 0 heterocycles. The number of terminal acetylenes is 1. The standard InChI is InChI=1S/C14H19N3.HI/c1-3-4-5-6-11-16-14(15)17-13-9-7-12(2)8-10-13;/h1,7-10H,4-6,11H2,2H3,(H3,15,16,17);1H. The van der Waals surface area contributed by atoms with E-state index in [1.54, 1.807) is 0 Å². The Morgan fingerprint density at radius 3 is 2.61 bits per heavy atom. The molecule has 0 aliphatic heterocycles. The number of nitrogens with two attached hydrogens (primary N) is 1. The van der Waals surface area contributed by atoms with Crippen LogP contribution < -0.4 is 11.1 Å². The van der Waals surface area contributed by atoms with E-state index in [-0.39, 0.29) is 24.0 Å². The third kappa shape index (κ3) is 7.17. The Hall–Kier alpha value is -1.22. The van der Waals surface area contributed by atoms with Crippen LogP contribution in [-0.4, -0.2) is 12.5 Å². The van der Waals surface area contributed by atoms with Crippen molar-refractivity contribution in [2.24, 2.45) is 10.7 Å². The van der Waals surface area contributed by atoms with Gasteiger partial charge in [-0.05, 0) is 31.9 Å². The molecule has 0 fully saturated rings. The van der Waals surface area contributed by atoms with Crippen molar-refractivity contribution < 1.29 is 0 Å². The number of hydrogen-bond acceptors (Lipinski definition) is 1. The fourth-order valence-corrected chi connectivity index (χ4v) is 1.36. The third-order valence-corrected chi connectivity index (χ3v) is 2.34. The Kier molecular flexibility index (Phi) is 9.11. The van der Waals surface area contributed by atoms with E-state index in [0.29, 0.717) is 12.5 Å². The fourth-order valence-electron chi connectivity index (χ4n) is 1.36. The van der Waals surface area contributed by atoms with Crippen LogP contribution >= 0.6 is 24.0 Å². The van der Waals surface area contributed by atoms with Crippen molar-refractivity contribution in [1.29, 1.82) is 0 Å². The summed E-state index contributed by atoms with van der Waals surface area (Å²) in [4.78, 5) is 4.23. The minimum Gasteiger partial charge on any atom is -0.370 e. The van der Waals surface area contributed by atoms with Crippen LogP contribution in [0, 0.1) is 19.3 Å². The molecule has 98 valence electrons. The van der Waals surface area contributed by atoms with E-state index in [1.807, 2.05) is 31.2 Å². The van der Waals surface area contributed by atoms with Gasteiger partial charge in [0.05, 0.1) is 0 Å². The van der Waals surface area contributed by atoms with Gasteiger partial charge in [0.15, 0.2) is 5.96 Å². The van der Waals surface area contributed by atoms with Crippen molar-refractivity contribution in [3.05, 3.63) is 29.8 Å². The van der Waals surface area contributed by atoms with Crippen LogP contribution in [0.4, 0.5) is 5.69 Å². The van der Waals surface area contributed by atoms with Gasteiger partial charge in [-0.25, -0.2) is 0 Å². The van der Waals surface area contributed by atoms with E-state index in [9.17, 15) is 0 Å². The first-order valence-electron chi connectivity index (χ1n) is 5.79. The highest BCUT2D eigenvalue weighted by molar-refractivity contribution is 14.0. The number of aryl methyl sites for hydroxylation is 1. The van der Waals surface area contributed by atoms with Gasteiger partial charge in [0.25, 0.3) is 0 Å². The van der Waals surface area contributed by atoms with E-state index < -0.39 is 0 Å². The van der Waals surface area contributed by atoms with Crippen molar-refractivity contribution in [2.45, 2.75) is 26.2 Å². The Morgan fingerprint density at radius 2 is 2.00 bits per heavy atom. The Balaban J connectivity index is 0.00000289. The fraction of sp³-hybridized carbons (Fsp3) is 0.357. The van der Waals surface area contributed by atoms with Gasteiger partial charge in [-0.3, -0.25) is 4.99 Å². The van der Waals surface area contributed by atoms with Gasteiger partial charge in [0, 0.05) is 18.7 Å². The maximum absolute atomic E-state index is 5.76. The first-order valence-corrected chi connectivity index (χ1v) is 5.79. The van der Waals surface area contributed by atoms with Crippen LogP contribution in [0.15, 0.2) is 29.3 Å². The van der Waals surface area contributed by atoms with Gasteiger partial charge in [-0.1, -0.05) is 17.7 Å². The molecule has 0 aliphatic rings. The highest BCUT2D eigenvalue weighted by Gasteiger charge is 1.94. The summed E-state index contributed by atoms with van der Waals surface area (Å²) in [5.41, 5.74) is 7.94. The smallest absolute Gasteiger partial charge is 0.193 e. The molecule has 0 aromatic heterocycles. The average Bonchev–Trinajstić information content (AvgIpc) is 2.32. The second kappa shape index (κ2) is 9.77. The van der Waals surface area contributed by atoms with E-state index in [4.69, 9.17) is 12.2 Å². The minimum atomic E-state index is 0. The van der Waals surface area contributed by atoms with Crippen LogP contribution in [0.25, 0.3) is 0 Å². The molecule has 4 heteroatoms.